The lowest BCUT2D eigenvalue weighted by atomic mass is 9.79. The molecule has 1 aromatic carbocycles. The van der Waals surface area contributed by atoms with Gasteiger partial charge in [-0.15, -0.1) is 0 Å². The number of phenolic OH excluding ortho intramolecular Hbond substituents is 1. The van der Waals surface area contributed by atoms with Crippen molar-refractivity contribution >= 4 is 11.4 Å². The van der Waals surface area contributed by atoms with E-state index in [9.17, 15) is 5.11 Å². The molecule has 0 atom stereocenters. The predicted molar refractivity (Wildman–Crippen MR) is 70.8 cm³/mol. The molecule has 0 radical (unpaired) electrons. The quantitative estimate of drug-likeness (QED) is 0.722. The third-order valence-electron chi connectivity index (χ3n) is 4.45. The van der Waals surface area contributed by atoms with Crippen molar-refractivity contribution in [1.82, 2.24) is 0 Å². The molecular formula is C14H20N2O. The average Bonchev–Trinajstić information content (AvgIpc) is 2.36. The summed E-state index contributed by atoms with van der Waals surface area (Å²) in [4.78, 5) is 2.31. The van der Waals surface area contributed by atoms with Crippen molar-refractivity contribution in [3.63, 3.8) is 0 Å². The van der Waals surface area contributed by atoms with Crippen LogP contribution in [0.2, 0.25) is 0 Å². The highest BCUT2D eigenvalue weighted by Crippen LogP contribution is 2.46. The molecule has 1 spiro atoms. The van der Waals surface area contributed by atoms with Crippen LogP contribution in [-0.2, 0) is 0 Å². The Bertz CT molecular complexity index is 424. The maximum atomic E-state index is 10.1. The number of nitrogens with zero attached hydrogens (tertiary/aromatic N) is 1. The van der Waals surface area contributed by atoms with Gasteiger partial charge in [-0.2, -0.15) is 0 Å². The van der Waals surface area contributed by atoms with Gasteiger partial charge in [0.25, 0.3) is 0 Å². The monoisotopic (exact) mass is 232 g/mol. The maximum absolute atomic E-state index is 10.1. The summed E-state index contributed by atoms with van der Waals surface area (Å²) >= 11 is 0. The second-order valence-corrected chi connectivity index (χ2v) is 5.37. The van der Waals surface area contributed by atoms with Crippen LogP contribution in [0.25, 0.3) is 0 Å². The van der Waals surface area contributed by atoms with Crippen molar-refractivity contribution < 1.29 is 5.11 Å². The number of phenols is 1. The van der Waals surface area contributed by atoms with Gasteiger partial charge in [0.1, 0.15) is 11.4 Å². The summed E-state index contributed by atoms with van der Waals surface area (Å²) in [5.74, 6) is 0.391. The number of fused-ring (bicyclic) bond motifs is 1. The summed E-state index contributed by atoms with van der Waals surface area (Å²) in [6.07, 6.45) is 6.40. The number of aromatic hydroxyl groups is 1. The second kappa shape index (κ2) is 3.83. The first-order chi connectivity index (χ1) is 8.23. The molecule has 1 fully saturated rings. The molecule has 0 unspecified atom stereocenters. The minimum atomic E-state index is 0.212. The smallest absolute Gasteiger partial charge is 0.141 e. The molecule has 1 aromatic rings. The van der Waals surface area contributed by atoms with Crippen LogP contribution in [0.3, 0.4) is 0 Å². The van der Waals surface area contributed by atoms with Crippen LogP contribution in [-0.4, -0.2) is 24.2 Å². The van der Waals surface area contributed by atoms with Gasteiger partial charge in [0.15, 0.2) is 0 Å². The van der Waals surface area contributed by atoms with Gasteiger partial charge in [0.2, 0.25) is 0 Å². The molecule has 1 aliphatic heterocycles. The van der Waals surface area contributed by atoms with E-state index in [1.54, 1.807) is 6.07 Å². The second-order valence-electron chi connectivity index (χ2n) is 5.37. The third kappa shape index (κ3) is 1.56. The van der Waals surface area contributed by atoms with E-state index < -0.39 is 0 Å². The van der Waals surface area contributed by atoms with E-state index >= 15 is 0 Å². The molecule has 3 rings (SSSR count). The standard InChI is InChI=1S/C14H20N2O/c1-16-13-11(6-5-7-12(13)17)15-10-14(16)8-3-2-4-9-14/h5-7,15,17H,2-4,8-10H2,1H3. The normalized spacial score (nSPS) is 22.1. The van der Waals surface area contributed by atoms with Gasteiger partial charge in [-0.05, 0) is 25.0 Å². The summed E-state index contributed by atoms with van der Waals surface area (Å²) < 4.78 is 0. The van der Waals surface area contributed by atoms with Crippen molar-refractivity contribution in [3.05, 3.63) is 18.2 Å². The third-order valence-corrected chi connectivity index (χ3v) is 4.45. The minimum absolute atomic E-state index is 0.212. The molecule has 0 aromatic heterocycles. The van der Waals surface area contributed by atoms with E-state index in [1.165, 1.54) is 32.1 Å². The van der Waals surface area contributed by atoms with Crippen molar-refractivity contribution in [1.29, 1.82) is 0 Å². The van der Waals surface area contributed by atoms with Crippen molar-refractivity contribution in [2.45, 2.75) is 37.6 Å². The van der Waals surface area contributed by atoms with Gasteiger partial charge in [0.05, 0.1) is 11.2 Å². The molecule has 1 aliphatic carbocycles. The number of hydrogen-bond donors (Lipinski definition) is 2. The van der Waals surface area contributed by atoms with Crippen LogP contribution in [0.1, 0.15) is 32.1 Å². The van der Waals surface area contributed by atoms with E-state index in [0.717, 1.165) is 17.9 Å². The fourth-order valence-corrected chi connectivity index (χ4v) is 3.36. The Morgan fingerprint density at radius 3 is 2.76 bits per heavy atom. The van der Waals surface area contributed by atoms with Gasteiger partial charge in [0, 0.05) is 13.6 Å². The van der Waals surface area contributed by atoms with Crippen molar-refractivity contribution in [2.75, 3.05) is 23.8 Å². The number of rotatable bonds is 0. The van der Waals surface area contributed by atoms with Gasteiger partial charge < -0.3 is 15.3 Å². The van der Waals surface area contributed by atoms with E-state index in [0.29, 0.717) is 5.75 Å². The van der Waals surface area contributed by atoms with Crippen LogP contribution < -0.4 is 10.2 Å². The maximum Gasteiger partial charge on any atom is 0.141 e. The molecule has 92 valence electrons. The fraction of sp³-hybridized carbons (Fsp3) is 0.571. The SMILES string of the molecule is CN1c2c(O)cccc2NCC12CCCCC2. The van der Waals surface area contributed by atoms with Crippen LogP contribution in [0, 0.1) is 0 Å². The van der Waals surface area contributed by atoms with Gasteiger partial charge in [-0.25, -0.2) is 0 Å². The van der Waals surface area contributed by atoms with E-state index in [-0.39, 0.29) is 5.54 Å². The Balaban J connectivity index is 2.01. The lowest BCUT2D eigenvalue weighted by Crippen LogP contribution is -2.55. The molecule has 0 bridgehead atoms. The Hall–Kier alpha value is -1.38. The first-order valence-electron chi connectivity index (χ1n) is 6.53. The molecule has 2 N–H and O–H groups in total. The largest absolute Gasteiger partial charge is 0.506 e. The van der Waals surface area contributed by atoms with Gasteiger partial charge >= 0.3 is 0 Å². The van der Waals surface area contributed by atoms with Gasteiger partial charge in [-0.1, -0.05) is 25.3 Å². The molecule has 3 heteroatoms. The summed E-state index contributed by atoms with van der Waals surface area (Å²) in [7, 11) is 2.13. The van der Waals surface area contributed by atoms with E-state index in [1.807, 2.05) is 12.1 Å². The number of likely N-dealkylation sites (N-methyl/N-ethyl adjacent to an activating group) is 1. The summed E-state index contributed by atoms with van der Waals surface area (Å²) in [5, 5.41) is 13.6. The molecule has 17 heavy (non-hydrogen) atoms. The number of benzene rings is 1. The molecule has 2 aliphatic rings. The van der Waals surface area contributed by atoms with E-state index in [2.05, 4.69) is 17.3 Å². The van der Waals surface area contributed by atoms with Crippen molar-refractivity contribution in [3.8, 4) is 5.75 Å². The van der Waals surface area contributed by atoms with Crippen LogP contribution in [0.4, 0.5) is 11.4 Å². The number of hydrogen-bond acceptors (Lipinski definition) is 3. The zero-order chi connectivity index (χ0) is 11.9. The first-order valence-corrected chi connectivity index (χ1v) is 6.53. The number of para-hydroxylation sites is 1. The van der Waals surface area contributed by atoms with E-state index in [4.69, 9.17) is 0 Å². The molecule has 1 saturated carbocycles. The van der Waals surface area contributed by atoms with Crippen molar-refractivity contribution in [2.24, 2.45) is 0 Å². The Morgan fingerprint density at radius 2 is 2.00 bits per heavy atom. The molecule has 1 heterocycles. The molecular weight excluding hydrogens is 212 g/mol. The lowest BCUT2D eigenvalue weighted by Gasteiger charge is -2.50. The summed E-state index contributed by atoms with van der Waals surface area (Å²) in [5.41, 5.74) is 2.24. The lowest BCUT2D eigenvalue weighted by molar-refractivity contribution is 0.291. The minimum Gasteiger partial charge on any atom is -0.506 e. The first kappa shape index (κ1) is 10.8. The van der Waals surface area contributed by atoms with Crippen LogP contribution in [0.5, 0.6) is 5.75 Å². The Kier molecular flexibility index (Phi) is 2.42. The van der Waals surface area contributed by atoms with Gasteiger partial charge in [-0.3, -0.25) is 0 Å². The average molecular weight is 232 g/mol. The number of nitrogens with one attached hydrogen (secondary N) is 1. The van der Waals surface area contributed by atoms with Crippen LogP contribution >= 0.6 is 0 Å². The summed E-state index contributed by atoms with van der Waals surface area (Å²) in [6, 6.07) is 5.72. The molecule has 0 amide bonds. The molecule has 0 saturated heterocycles. The highest BCUT2D eigenvalue weighted by atomic mass is 16.3. The predicted octanol–water partition coefficient (Wildman–Crippen LogP) is 2.96. The zero-order valence-corrected chi connectivity index (χ0v) is 10.4. The number of anilines is 2. The highest BCUT2D eigenvalue weighted by Gasteiger charge is 2.40. The zero-order valence-electron chi connectivity index (χ0n) is 10.4. The molecule has 3 nitrogen and oxygen atoms in total. The van der Waals surface area contributed by atoms with Crippen LogP contribution in [0.15, 0.2) is 18.2 Å². The Morgan fingerprint density at radius 1 is 1.24 bits per heavy atom. The topological polar surface area (TPSA) is 35.5 Å². The summed E-state index contributed by atoms with van der Waals surface area (Å²) in [6.45, 7) is 1.000. The fourth-order valence-electron chi connectivity index (χ4n) is 3.36. The highest BCUT2D eigenvalue weighted by molar-refractivity contribution is 5.79. The Labute approximate surface area is 102 Å².